The van der Waals surface area contributed by atoms with Gasteiger partial charge in [0.1, 0.15) is 0 Å². The Kier molecular flexibility index (Phi) is 6.77. The van der Waals surface area contributed by atoms with Crippen LogP contribution in [-0.2, 0) is 0 Å². The molecule has 1 heterocycles. The molecular formula is C26H25ClFN3O2. The van der Waals surface area contributed by atoms with E-state index in [4.69, 9.17) is 11.6 Å². The first kappa shape index (κ1) is 23.0. The van der Waals surface area contributed by atoms with Crippen molar-refractivity contribution in [3.63, 3.8) is 0 Å². The Hall–Kier alpha value is -3.22. The molecule has 33 heavy (non-hydrogen) atoms. The first-order valence-electron chi connectivity index (χ1n) is 10.8. The van der Waals surface area contributed by atoms with Crippen molar-refractivity contribution in [3.8, 4) is 0 Å². The fourth-order valence-corrected chi connectivity index (χ4v) is 4.39. The molecule has 2 unspecified atom stereocenters. The standard InChI is InChI=1S/C26H25ClFN3O2/c1-30(2)22-15-16-24(28)31(23-10-6-4-8-20(22)23)26(33)17-11-13-18(14-12-17)29-25(32)19-7-3-5-9-21(19)27/h3-14,22,24H,15-16H2,1-2H3,(H,29,32). The van der Waals surface area contributed by atoms with Crippen molar-refractivity contribution in [2.75, 3.05) is 24.3 Å². The number of nitrogens with one attached hydrogen (secondary N) is 1. The highest BCUT2D eigenvalue weighted by molar-refractivity contribution is 6.34. The average molecular weight is 466 g/mol. The summed E-state index contributed by atoms with van der Waals surface area (Å²) in [6, 6.07) is 20.7. The summed E-state index contributed by atoms with van der Waals surface area (Å²) in [4.78, 5) is 29.1. The quantitative estimate of drug-likeness (QED) is 0.486. The van der Waals surface area contributed by atoms with E-state index >= 15 is 4.39 Å². The van der Waals surface area contributed by atoms with Gasteiger partial charge >= 0.3 is 0 Å². The van der Waals surface area contributed by atoms with Crippen LogP contribution >= 0.6 is 11.6 Å². The van der Waals surface area contributed by atoms with Crippen molar-refractivity contribution in [1.29, 1.82) is 0 Å². The average Bonchev–Trinajstić information content (AvgIpc) is 2.95. The molecule has 1 N–H and O–H groups in total. The molecule has 0 saturated heterocycles. The van der Waals surface area contributed by atoms with E-state index in [1.807, 2.05) is 32.3 Å². The third-order valence-corrected chi connectivity index (χ3v) is 6.19. The van der Waals surface area contributed by atoms with Crippen LogP contribution in [0.5, 0.6) is 0 Å². The fourth-order valence-electron chi connectivity index (χ4n) is 4.17. The zero-order chi connectivity index (χ0) is 23.5. The van der Waals surface area contributed by atoms with Crippen LogP contribution in [0.25, 0.3) is 0 Å². The number of alkyl halides is 1. The lowest BCUT2D eigenvalue weighted by Crippen LogP contribution is -2.37. The number of benzene rings is 3. The molecule has 0 spiro atoms. The molecule has 3 aromatic carbocycles. The van der Waals surface area contributed by atoms with Gasteiger partial charge in [-0.25, -0.2) is 4.39 Å². The van der Waals surface area contributed by atoms with E-state index in [0.717, 1.165) is 5.56 Å². The van der Waals surface area contributed by atoms with Gasteiger partial charge in [0.15, 0.2) is 6.30 Å². The molecule has 0 bridgehead atoms. The van der Waals surface area contributed by atoms with Crippen LogP contribution in [0.15, 0.2) is 72.8 Å². The third-order valence-electron chi connectivity index (χ3n) is 5.86. The zero-order valence-electron chi connectivity index (χ0n) is 18.5. The van der Waals surface area contributed by atoms with Crippen molar-refractivity contribution < 1.29 is 14.0 Å². The number of anilines is 2. The Bertz CT molecular complexity index is 1170. The fraction of sp³-hybridized carbons (Fsp3) is 0.231. The number of carbonyl (C=O) groups excluding carboxylic acids is 2. The molecular weight excluding hydrogens is 441 g/mol. The number of para-hydroxylation sites is 1. The molecule has 0 saturated carbocycles. The molecule has 170 valence electrons. The predicted octanol–water partition coefficient (Wildman–Crippen LogP) is 5.93. The minimum absolute atomic E-state index is 0.0275. The van der Waals surface area contributed by atoms with Gasteiger partial charge in [-0.3, -0.25) is 14.5 Å². The van der Waals surface area contributed by atoms with Gasteiger partial charge in [0.05, 0.1) is 16.3 Å². The zero-order valence-corrected chi connectivity index (χ0v) is 19.2. The minimum Gasteiger partial charge on any atom is -0.322 e. The number of fused-ring (bicyclic) bond motifs is 1. The van der Waals surface area contributed by atoms with Crippen LogP contribution < -0.4 is 10.2 Å². The summed E-state index contributed by atoms with van der Waals surface area (Å²) in [6.07, 6.45) is -0.569. The molecule has 1 aliphatic rings. The van der Waals surface area contributed by atoms with Crippen molar-refractivity contribution in [3.05, 3.63) is 94.5 Å². The monoisotopic (exact) mass is 465 g/mol. The number of carbonyl (C=O) groups is 2. The van der Waals surface area contributed by atoms with Gasteiger partial charge in [0, 0.05) is 17.3 Å². The van der Waals surface area contributed by atoms with Crippen LogP contribution in [0.2, 0.25) is 5.02 Å². The summed E-state index contributed by atoms with van der Waals surface area (Å²) in [5.41, 5.74) is 2.72. The molecule has 0 radical (unpaired) electrons. The van der Waals surface area contributed by atoms with Gasteiger partial charge in [0.25, 0.3) is 11.8 Å². The summed E-state index contributed by atoms with van der Waals surface area (Å²) < 4.78 is 15.3. The number of hydrogen-bond acceptors (Lipinski definition) is 3. The Labute approximate surface area is 197 Å². The number of hydrogen-bond donors (Lipinski definition) is 1. The molecule has 2 amide bonds. The largest absolute Gasteiger partial charge is 0.322 e. The van der Waals surface area contributed by atoms with Crippen molar-refractivity contribution in [2.24, 2.45) is 0 Å². The second kappa shape index (κ2) is 9.73. The van der Waals surface area contributed by atoms with Crippen molar-refractivity contribution in [1.82, 2.24) is 4.90 Å². The Morgan fingerprint density at radius 3 is 2.33 bits per heavy atom. The second-order valence-electron chi connectivity index (χ2n) is 8.24. The SMILES string of the molecule is CN(C)C1CCC(F)N(C(=O)c2ccc(NC(=O)c3ccccc3Cl)cc2)c2ccccc21. The normalized spacial score (nSPS) is 17.9. The lowest BCUT2D eigenvalue weighted by Gasteiger charge is -2.28. The first-order chi connectivity index (χ1) is 15.9. The summed E-state index contributed by atoms with van der Waals surface area (Å²) in [5, 5.41) is 3.12. The van der Waals surface area contributed by atoms with E-state index in [2.05, 4.69) is 10.2 Å². The van der Waals surface area contributed by atoms with Gasteiger partial charge in [0.2, 0.25) is 0 Å². The third kappa shape index (κ3) is 4.77. The molecule has 2 atom stereocenters. The molecule has 5 nitrogen and oxygen atoms in total. The van der Waals surface area contributed by atoms with Crippen molar-refractivity contribution >= 4 is 34.8 Å². The van der Waals surface area contributed by atoms with Crippen LogP contribution in [0.3, 0.4) is 0 Å². The maximum atomic E-state index is 15.3. The van der Waals surface area contributed by atoms with Crippen molar-refractivity contribution in [2.45, 2.75) is 25.2 Å². The minimum atomic E-state index is -1.43. The summed E-state index contributed by atoms with van der Waals surface area (Å²) in [6.45, 7) is 0. The summed E-state index contributed by atoms with van der Waals surface area (Å²) in [7, 11) is 3.92. The Morgan fingerprint density at radius 2 is 1.64 bits per heavy atom. The van der Waals surface area contributed by atoms with E-state index < -0.39 is 12.2 Å². The van der Waals surface area contributed by atoms with Gasteiger partial charge in [-0.05, 0) is 75.0 Å². The molecule has 3 aromatic rings. The van der Waals surface area contributed by atoms with E-state index in [-0.39, 0.29) is 18.4 Å². The first-order valence-corrected chi connectivity index (χ1v) is 11.1. The van der Waals surface area contributed by atoms with Gasteiger partial charge in [-0.1, -0.05) is 41.9 Å². The lowest BCUT2D eigenvalue weighted by molar-refractivity contribution is 0.0946. The smallest absolute Gasteiger partial charge is 0.260 e. The van der Waals surface area contributed by atoms with Crippen LogP contribution in [0.1, 0.15) is 45.2 Å². The van der Waals surface area contributed by atoms with Gasteiger partial charge < -0.3 is 10.2 Å². The Morgan fingerprint density at radius 1 is 0.970 bits per heavy atom. The van der Waals surface area contributed by atoms with E-state index in [0.29, 0.717) is 33.9 Å². The highest BCUT2D eigenvalue weighted by Gasteiger charge is 2.34. The van der Waals surface area contributed by atoms with Gasteiger partial charge in [-0.15, -0.1) is 0 Å². The molecule has 0 aromatic heterocycles. The number of amides is 2. The summed E-state index contributed by atoms with van der Waals surface area (Å²) >= 11 is 6.09. The molecule has 7 heteroatoms. The maximum Gasteiger partial charge on any atom is 0.260 e. The number of nitrogens with zero attached hydrogens (tertiary/aromatic N) is 2. The molecule has 4 rings (SSSR count). The van der Waals surface area contributed by atoms with Gasteiger partial charge in [-0.2, -0.15) is 0 Å². The van der Waals surface area contributed by atoms with Crippen LogP contribution in [0.4, 0.5) is 15.8 Å². The molecule has 0 fully saturated rings. The summed E-state index contributed by atoms with van der Waals surface area (Å²) in [5.74, 6) is -0.766. The van der Waals surface area contributed by atoms with Crippen LogP contribution in [0, 0.1) is 0 Å². The van der Waals surface area contributed by atoms with E-state index in [1.165, 1.54) is 4.90 Å². The number of rotatable bonds is 4. The van der Waals surface area contributed by atoms with Crippen LogP contribution in [-0.4, -0.2) is 37.1 Å². The second-order valence-corrected chi connectivity index (χ2v) is 8.64. The van der Waals surface area contributed by atoms with E-state index in [9.17, 15) is 9.59 Å². The molecule has 0 aliphatic carbocycles. The topological polar surface area (TPSA) is 52.6 Å². The van der Waals surface area contributed by atoms with E-state index in [1.54, 1.807) is 54.6 Å². The lowest BCUT2D eigenvalue weighted by atomic mass is 10.0. The molecule has 1 aliphatic heterocycles. The Balaban J connectivity index is 1.58. The predicted molar refractivity (Wildman–Crippen MR) is 130 cm³/mol. The maximum absolute atomic E-state index is 15.3. The number of halogens is 2. The highest BCUT2D eigenvalue weighted by Crippen LogP contribution is 2.38. The highest BCUT2D eigenvalue weighted by atomic mass is 35.5.